The second-order valence-electron chi connectivity index (χ2n) is 3.86. The van der Waals surface area contributed by atoms with Crippen LogP contribution in [0.3, 0.4) is 0 Å². The van der Waals surface area contributed by atoms with E-state index in [2.05, 4.69) is 5.32 Å². The van der Waals surface area contributed by atoms with Crippen LogP contribution in [0.25, 0.3) is 0 Å². The highest BCUT2D eigenvalue weighted by Gasteiger charge is 2.02. The number of phenolic OH excluding ortho intramolecular Hbond substituents is 1. The molecule has 0 amide bonds. The molecule has 94 valence electrons. The van der Waals surface area contributed by atoms with Crippen LogP contribution >= 0.6 is 11.6 Å². The summed E-state index contributed by atoms with van der Waals surface area (Å²) in [5, 5.41) is 13.7. The van der Waals surface area contributed by atoms with Gasteiger partial charge in [0.1, 0.15) is 11.5 Å². The van der Waals surface area contributed by atoms with E-state index in [0.29, 0.717) is 17.3 Å². The molecule has 4 heteroatoms. The van der Waals surface area contributed by atoms with Crippen molar-refractivity contribution in [3.05, 3.63) is 53.1 Å². The van der Waals surface area contributed by atoms with Crippen LogP contribution in [-0.4, -0.2) is 12.2 Å². The minimum atomic E-state index is 0.218. The summed E-state index contributed by atoms with van der Waals surface area (Å²) < 4.78 is 5.03. The molecular weight excluding hydrogens is 250 g/mol. The van der Waals surface area contributed by atoms with E-state index < -0.39 is 0 Å². The highest BCUT2D eigenvalue weighted by molar-refractivity contribution is 6.30. The van der Waals surface area contributed by atoms with Gasteiger partial charge >= 0.3 is 0 Å². The maximum atomic E-state index is 9.80. The van der Waals surface area contributed by atoms with Crippen molar-refractivity contribution in [1.82, 2.24) is 0 Å². The Balaban J connectivity index is 2.04. The predicted molar refractivity (Wildman–Crippen MR) is 73.4 cm³/mol. The topological polar surface area (TPSA) is 41.5 Å². The number of halogens is 1. The van der Waals surface area contributed by atoms with Crippen LogP contribution < -0.4 is 10.1 Å². The minimum absolute atomic E-state index is 0.218. The lowest BCUT2D eigenvalue weighted by Crippen LogP contribution is -1.99. The van der Waals surface area contributed by atoms with Crippen LogP contribution in [0.2, 0.25) is 5.02 Å². The number of benzene rings is 2. The van der Waals surface area contributed by atoms with Crippen LogP contribution in [0.1, 0.15) is 5.56 Å². The molecule has 0 aliphatic heterocycles. The van der Waals surface area contributed by atoms with Gasteiger partial charge in [-0.15, -0.1) is 0 Å². The molecule has 0 aromatic heterocycles. The Kier molecular flexibility index (Phi) is 3.95. The van der Waals surface area contributed by atoms with E-state index in [1.807, 2.05) is 36.4 Å². The highest BCUT2D eigenvalue weighted by atomic mass is 35.5. The van der Waals surface area contributed by atoms with Gasteiger partial charge in [-0.25, -0.2) is 0 Å². The van der Waals surface area contributed by atoms with Crippen molar-refractivity contribution in [3.8, 4) is 11.5 Å². The zero-order valence-electron chi connectivity index (χ0n) is 9.98. The normalized spacial score (nSPS) is 10.1. The first-order chi connectivity index (χ1) is 8.69. The van der Waals surface area contributed by atoms with Crippen LogP contribution in [0.5, 0.6) is 11.5 Å². The van der Waals surface area contributed by atoms with Gasteiger partial charge in [-0.1, -0.05) is 11.6 Å². The fraction of sp³-hybridized carbons (Fsp3) is 0.143. The molecule has 0 bridgehead atoms. The molecule has 2 aromatic rings. The molecule has 0 fully saturated rings. The second-order valence-corrected chi connectivity index (χ2v) is 4.29. The average Bonchev–Trinajstić information content (AvgIpc) is 2.39. The fourth-order valence-electron chi connectivity index (χ4n) is 1.59. The molecule has 0 heterocycles. The molecule has 18 heavy (non-hydrogen) atoms. The van der Waals surface area contributed by atoms with Gasteiger partial charge in [0.15, 0.2) is 0 Å². The first-order valence-electron chi connectivity index (χ1n) is 5.54. The van der Waals surface area contributed by atoms with Crippen LogP contribution in [0.4, 0.5) is 5.69 Å². The Labute approximate surface area is 111 Å². The highest BCUT2D eigenvalue weighted by Crippen LogP contribution is 2.24. The quantitative estimate of drug-likeness (QED) is 0.884. The molecular formula is C14H14ClNO2. The lowest BCUT2D eigenvalue weighted by atomic mass is 10.2. The van der Waals surface area contributed by atoms with Crippen LogP contribution in [0, 0.1) is 0 Å². The van der Waals surface area contributed by atoms with Gasteiger partial charge < -0.3 is 15.2 Å². The van der Waals surface area contributed by atoms with Gasteiger partial charge in [0, 0.05) is 28.9 Å². The monoisotopic (exact) mass is 263 g/mol. The summed E-state index contributed by atoms with van der Waals surface area (Å²) in [6.45, 7) is 0.539. The number of ether oxygens (including phenoxy) is 1. The number of hydrogen-bond donors (Lipinski definition) is 2. The molecule has 0 saturated carbocycles. The number of nitrogens with one attached hydrogen (secondary N) is 1. The van der Waals surface area contributed by atoms with Crippen molar-refractivity contribution in [2.75, 3.05) is 12.4 Å². The Bertz CT molecular complexity index is 526. The molecule has 0 saturated heterocycles. The number of phenols is 1. The number of aromatic hydroxyl groups is 1. The Morgan fingerprint density at radius 3 is 2.50 bits per heavy atom. The zero-order chi connectivity index (χ0) is 13.0. The van der Waals surface area contributed by atoms with Gasteiger partial charge in [-0.05, 0) is 36.4 Å². The van der Waals surface area contributed by atoms with Crippen molar-refractivity contribution in [1.29, 1.82) is 0 Å². The number of hydrogen-bond acceptors (Lipinski definition) is 3. The average molecular weight is 264 g/mol. The fourth-order valence-corrected chi connectivity index (χ4v) is 1.71. The van der Waals surface area contributed by atoms with E-state index in [1.165, 1.54) is 0 Å². The van der Waals surface area contributed by atoms with Crippen molar-refractivity contribution in [2.24, 2.45) is 0 Å². The summed E-state index contributed by atoms with van der Waals surface area (Å²) in [6.07, 6.45) is 0. The minimum Gasteiger partial charge on any atom is -0.507 e. The summed E-state index contributed by atoms with van der Waals surface area (Å²) in [6, 6.07) is 12.7. The molecule has 0 aliphatic carbocycles. The molecule has 2 rings (SSSR count). The van der Waals surface area contributed by atoms with Crippen LogP contribution in [-0.2, 0) is 6.54 Å². The molecule has 0 aliphatic rings. The number of methoxy groups -OCH3 is 1. The van der Waals surface area contributed by atoms with E-state index in [4.69, 9.17) is 16.3 Å². The van der Waals surface area contributed by atoms with Gasteiger partial charge in [0.2, 0.25) is 0 Å². The van der Waals surface area contributed by atoms with E-state index in [-0.39, 0.29) is 5.75 Å². The summed E-state index contributed by atoms with van der Waals surface area (Å²) >= 11 is 5.81. The third-order valence-corrected chi connectivity index (χ3v) is 2.87. The maximum Gasteiger partial charge on any atom is 0.124 e. The lowest BCUT2D eigenvalue weighted by Gasteiger charge is -2.09. The van der Waals surface area contributed by atoms with E-state index in [9.17, 15) is 5.11 Å². The largest absolute Gasteiger partial charge is 0.507 e. The smallest absolute Gasteiger partial charge is 0.124 e. The Morgan fingerprint density at radius 2 is 1.89 bits per heavy atom. The van der Waals surface area contributed by atoms with E-state index in [0.717, 1.165) is 11.3 Å². The summed E-state index contributed by atoms with van der Waals surface area (Å²) in [5.41, 5.74) is 1.76. The standard InChI is InChI=1S/C14H14ClNO2/c1-18-13-7-2-10(14(17)8-13)9-16-12-5-3-11(15)4-6-12/h2-8,16-17H,9H2,1H3. The van der Waals surface area contributed by atoms with Crippen LogP contribution in [0.15, 0.2) is 42.5 Å². The van der Waals surface area contributed by atoms with E-state index >= 15 is 0 Å². The first kappa shape index (κ1) is 12.6. The molecule has 2 aromatic carbocycles. The van der Waals surface area contributed by atoms with Crippen molar-refractivity contribution in [3.63, 3.8) is 0 Å². The van der Waals surface area contributed by atoms with Crippen molar-refractivity contribution < 1.29 is 9.84 Å². The SMILES string of the molecule is COc1ccc(CNc2ccc(Cl)cc2)c(O)c1. The molecule has 0 atom stereocenters. The second kappa shape index (κ2) is 5.65. The summed E-state index contributed by atoms with van der Waals surface area (Å²) in [7, 11) is 1.57. The number of anilines is 1. The third-order valence-electron chi connectivity index (χ3n) is 2.62. The summed E-state index contributed by atoms with van der Waals surface area (Å²) in [4.78, 5) is 0. The van der Waals surface area contributed by atoms with E-state index in [1.54, 1.807) is 13.2 Å². The number of rotatable bonds is 4. The Hall–Kier alpha value is -1.87. The van der Waals surface area contributed by atoms with Gasteiger partial charge in [0.05, 0.1) is 7.11 Å². The molecule has 2 N–H and O–H groups in total. The van der Waals surface area contributed by atoms with Gasteiger partial charge in [0.25, 0.3) is 0 Å². The zero-order valence-corrected chi connectivity index (χ0v) is 10.7. The molecule has 0 radical (unpaired) electrons. The van der Waals surface area contributed by atoms with Gasteiger partial charge in [-0.2, -0.15) is 0 Å². The summed E-state index contributed by atoms with van der Waals surface area (Å²) in [5.74, 6) is 0.860. The molecule has 3 nitrogen and oxygen atoms in total. The predicted octanol–water partition coefficient (Wildman–Crippen LogP) is 3.67. The molecule has 0 spiro atoms. The van der Waals surface area contributed by atoms with Crippen molar-refractivity contribution >= 4 is 17.3 Å². The Morgan fingerprint density at radius 1 is 1.17 bits per heavy atom. The third kappa shape index (κ3) is 3.08. The lowest BCUT2D eigenvalue weighted by molar-refractivity contribution is 0.406. The first-order valence-corrected chi connectivity index (χ1v) is 5.92. The van der Waals surface area contributed by atoms with Crippen molar-refractivity contribution in [2.45, 2.75) is 6.54 Å². The maximum absolute atomic E-state index is 9.80. The van der Waals surface area contributed by atoms with Gasteiger partial charge in [-0.3, -0.25) is 0 Å². The molecule has 0 unspecified atom stereocenters.